The zero-order valence-corrected chi connectivity index (χ0v) is 15.6. The lowest BCUT2D eigenvalue weighted by Gasteiger charge is -2.12. The van der Waals surface area contributed by atoms with Gasteiger partial charge in [-0.05, 0) is 24.3 Å². The van der Waals surface area contributed by atoms with Gasteiger partial charge in [0.25, 0.3) is 0 Å². The van der Waals surface area contributed by atoms with E-state index < -0.39 is 0 Å². The van der Waals surface area contributed by atoms with Gasteiger partial charge in [0.15, 0.2) is 5.13 Å². The van der Waals surface area contributed by atoms with Crippen LogP contribution in [-0.4, -0.2) is 17.1 Å². The minimum Gasteiger partial charge on any atom is -0.496 e. The summed E-state index contributed by atoms with van der Waals surface area (Å²) in [5.41, 5.74) is 1.81. The van der Waals surface area contributed by atoms with Gasteiger partial charge in [0.05, 0.1) is 13.3 Å². The van der Waals surface area contributed by atoms with Crippen LogP contribution in [0.5, 0.6) is 5.75 Å². The van der Waals surface area contributed by atoms with E-state index in [1.807, 2.05) is 35.7 Å². The second kappa shape index (κ2) is 7.11. The number of ether oxygens (including phenoxy) is 1. The van der Waals surface area contributed by atoms with Crippen LogP contribution in [0.4, 0.5) is 10.8 Å². The van der Waals surface area contributed by atoms with Gasteiger partial charge in [0, 0.05) is 34.3 Å². The van der Waals surface area contributed by atoms with Crippen LogP contribution < -0.4 is 10.1 Å². The quantitative estimate of drug-likeness (QED) is 0.668. The van der Waals surface area contributed by atoms with Crippen molar-refractivity contribution in [3.05, 3.63) is 53.2 Å². The summed E-state index contributed by atoms with van der Waals surface area (Å²) in [5.74, 6) is 2.21. The Bertz CT molecular complexity index is 861. The fraction of sp³-hybridized carbons (Fsp3) is 0.263. The molecule has 0 bridgehead atoms. The number of hydrogen-bond acceptors (Lipinski definition) is 6. The molecule has 5 nitrogen and oxygen atoms in total. The van der Waals surface area contributed by atoms with Crippen molar-refractivity contribution in [2.75, 3.05) is 12.4 Å². The normalized spacial score (nSPS) is 11.8. The first-order chi connectivity index (χ1) is 12.0. The summed E-state index contributed by atoms with van der Waals surface area (Å²) < 4.78 is 11.2. The van der Waals surface area contributed by atoms with Crippen molar-refractivity contribution in [3.63, 3.8) is 0 Å². The molecule has 3 aromatic rings. The smallest absolute Gasteiger partial charge is 0.218 e. The maximum atomic E-state index is 5.80. The fourth-order valence-corrected chi connectivity index (χ4v) is 2.77. The fourth-order valence-electron chi connectivity index (χ4n) is 2.22. The van der Waals surface area contributed by atoms with Crippen LogP contribution in [0.15, 0.2) is 40.4 Å². The lowest BCUT2D eigenvalue weighted by molar-refractivity contribution is 0.403. The highest BCUT2D eigenvalue weighted by Crippen LogP contribution is 2.28. The van der Waals surface area contributed by atoms with Gasteiger partial charge in [0.2, 0.25) is 5.89 Å². The Balaban J connectivity index is 1.83. The summed E-state index contributed by atoms with van der Waals surface area (Å²) in [6, 6.07) is 5.89. The number of benzene rings is 1. The maximum absolute atomic E-state index is 5.80. The number of aromatic nitrogens is 2. The second-order valence-corrected chi connectivity index (χ2v) is 7.46. The number of nitrogens with one attached hydrogen (secondary N) is 1. The first-order valence-electron chi connectivity index (χ1n) is 7.94. The summed E-state index contributed by atoms with van der Waals surface area (Å²) in [6.45, 7) is 6.29. The third-order valence-electron chi connectivity index (χ3n) is 3.58. The second-order valence-electron chi connectivity index (χ2n) is 6.57. The summed E-state index contributed by atoms with van der Waals surface area (Å²) in [5, 5.41) is 6.06. The monoisotopic (exact) mass is 355 g/mol. The lowest BCUT2D eigenvalue weighted by Crippen LogP contribution is -2.09. The van der Waals surface area contributed by atoms with Gasteiger partial charge in [-0.15, -0.1) is 11.3 Å². The third kappa shape index (κ3) is 4.28. The predicted molar refractivity (Wildman–Crippen MR) is 103 cm³/mol. The van der Waals surface area contributed by atoms with Crippen molar-refractivity contribution in [2.24, 2.45) is 0 Å². The summed E-state index contributed by atoms with van der Waals surface area (Å²) >= 11 is 1.55. The molecular formula is C19H21N3O2S. The Morgan fingerprint density at radius 1 is 1.20 bits per heavy atom. The van der Waals surface area contributed by atoms with Gasteiger partial charge >= 0.3 is 0 Å². The zero-order chi connectivity index (χ0) is 17.9. The van der Waals surface area contributed by atoms with Crippen molar-refractivity contribution >= 4 is 34.3 Å². The van der Waals surface area contributed by atoms with Crippen molar-refractivity contribution in [3.8, 4) is 5.75 Å². The molecular weight excluding hydrogens is 334 g/mol. The molecule has 2 aromatic heterocycles. The standard InChI is InChI=1S/C19H21N3O2S/c1-19(2,3)16-12-21-17(24-16)8-5-13-11-14(6-7-15(13)23-4)22-18-20-9-10-25-18/h5-12H,1-4H3,(H,20,22). The Kier molecular flexibility index (Phi) is 4.90. The molecule has 0 radical (unpaired) electrons. The van der Waals surface area contributed by atoms with Crippen LogP contribution in [-0.2, 0) is 5.41 Å². The van der Waals surface area contributed by atoms with Gasteiger partial charge in [-0.3, -0.25) is 0 Å². The molecule has 0 saturated carbocycles. The number of anilines is 2. The SMILES string of the molecule is COc1ccc(Nc2nccs2)cc1C=Cc1ncc(C(C)(C)C)o1. The van der Waals surface area contributed by atoms with Crippen LogP contribution >= 0.6 is 11.3 Å². The highest BCUT2D eigenvalue weighted by Gasteiger charge is 2.18. The minimum absolute atomic E-state index is 0.0612. The van der Waals surface area contributed by atoms with Crippen molar-refractivity contribution in [1.82, 2.24) is 9.97 Å². The van der Waals surface area contributed by atoms with Gasteiger partial charge in [-0.2, -0.15) is 0 Å². The average Bonchev–Trinajstić information content (AvgIpc) is 3.24. The minimum atomic E-state index is -0.0612. The Labute approximate surface area is 151 Å². The number of nitrogens with zero attached hydrogens (tertiary/aromatic N) is 2. The number of oxazole rings is 1. The van der Waals surface area contributed by atoms with E-state index in [1.165, 1.54) is 0 Å². The molecule has 130 valence electrons. The summed E-state index contributed by atoms with van der Waals surface area (Å²) in [6.07, 6.45) is 7.33. The van der Waals surface area contributed by atoms with Crippen molar-refractivity contribution < 1.29 is 9.15 Å². The van der Waals surface area contributed by atoms with E-state index in [9.17, 15) is 0 Å². The van der Waals surface area contributed by atoms with Gasteiger partial charge in [-0.1, -0.05) is 20.8 Å². The van der Waals surface area contributed by atoms with E-state index in [4.69, 9.17) is 9.15 Å². The van der Waals surface area contributed by atoms with E-state index >= 15 is 0 Å². The van der Waals surface area contributed by atoms with E-state index in [1.54, 1.807) is 30.8 Å². The lowest BCUT2D eigenvalue weighted by atomic mass is 9.94. The van der Waals surface area contributed by atoms with E-state index in [2.05, 4.69) is 36.1 Å². The van der Waals surface area contributed by atoms with Gasteiger partial charge in [0.1, 0.15) is 11.5 Å². The van der Waals surface area contributed by atoms with Crippen LogP contribution in [0.1, 0.15) is 38.0 Å². The topological polar surface area (TPSA) is 60.2 Å². The van der Waals surface area contributed by atoms with Crippen LogP contribution in [0.2, 0.25) is 0 Å². The number of thiazole rings is 1. The van der Waals surface area contributed by atoms with Crippen LogP contribution in [0, 0.1) is 0 Å². The predicted octanol–water partition coefficient (Wildman–Crippen LogP) is 5.35. The molecule has 0 amide bonds. The summed E-state index contributed by atoms with van der Waals surface area (Å²) in [7, 11) is 1.66. The molecule has 0 fully saturated rings. The highest BCUT2D eigenvalue weighted by molar-refractivity contribution is 7.13. The molecule has 2 heterocycles. The molecule has 3 rings (SSSR count). The molecule has 0 atom stereocenters. The maximum Gasteiger partial charge on any atom is 0.218 e. The molecule has 25 heavy (non-hydrogen) atoms. The molecule has 0 spiro atoms. The molecule has 0 aliphatic heterocycles. The largest absolute Gasteiger partial charge is 0.496 e. The number of rotatable bonds is 5. The van der Waals surface area contributed by atoms with Gasteiger partial charge in [-0.25, -0.2) is 9.97 Å². The molecule has 0 unspecified atom stereocenters. The Morgan fingerprint density at radius 3 is 2.68 bits per heavy atom. The Morgan fingerprint density at radius 2 is 2.04 bits per heavy atom. The summed E-state index contributed by atoms with van der Waals surface area (Å²) in [4.78, 5) is 8.55. The first-order valence-corrected chi connectivity index (χ1v) is 8.82. The zero-order valence-electron chi connectivity index (χ0n) is 14.7. The molecule has 0 aliphatic carbocycles. The van der Waals surface area contributed by atoms with E-state index in [0.717, 1.165) is 27.9 Å². The number of hydrogen-bond donors (Lipinski definition) is 1. The molecule has 1 N–H and O–H groups in total. The highest BCUT2D eigenvalue weighted by atomic mass is 32.1. The molecule has 6 heteroatoms. The first kappa shape index (κ1) is 17.2. The average molecular weight is 355 g/mol. The third-order valence-corrected chi connectivity index (χ3v) is 4.27. The van der Waals surface area contributed by atoms with Gasteiger partial charge < -0.3 is 14.5 Å². The number of methoxy groups -OCH3 is 1. The molecule has 0 aliphatic rings. The van der Waals surface area contributed by atoms with E-state index in [0.29, 0.717) is 5.89 Å². The molecule has 0 saturated heterocycles. The Hall–Kier alpha value is -2.60. The van der Waals surface area contributed by atoms with Crippen molar-refractivity contribution in [2.45, 2.75) is 26.2 Å². The van der Waals surface area contributed by atoms with Crippen LogP contribution in [0.25, 0.3) is 12.2 Å². The van der Waals surface area contributed by atoms with Crippen molar-refractivity contribution in [1.29, 1.82) is 0 Å². The molecule has 1 aromatic carbocycles. The van der Waals surface area contributed by atoms with Crippen LogP contribution in [0.3, 0.4) is 0 Å². The van der Waals surface area contributed by atoms with E-state index in [-0.39, 0.29) is 5.41 Å².